The minimum absolute atomic E-state index is 0.187. The lowest BCUT2D eigenvalue weighted by atomic mass is 10.0. The first-order valence-electron chi connectivity index (χ1n) is 10.8. The highest BCUT2D eigenvalue weighted by molar-refractivity contribution is 7.92. The Labute approximate surface area is 190 Å². The molecule has 0 bridgehead atoms. The van der Waals surface area contributed by atoms with E-state index in [2.05, 4.69) is 23.5 Å². The van der Waals surface area contributed by atoms with E-state index in [-0.39, 0.29) is 16.8 Å². The number of carbonyl (C=O) groups is 1. The molecule has 1 aliphatic carbocycles. The van der Waals surface area contributed by atoms with Gasteiger partial charge in [-0.05, 0) is 74.1 Å². The molecule has 5 nitrogen and oxygen atoms in total. The van der Waals surface area contributed by atoms with E-state index in [9.17, 15) is 13.2 Å². The maximum absolute atomic E-state index is 13.2. The Hall–Kier alpha value is -3.12. The van der Waals surface area contributed by atoms with Crippen LogP contribution >= 0.6 is 0 Å². The Morgan fingerprint density at radius 2 is 1.66 bits per heavy atom. The van der Waals surface area contributed by atoms with Gasteiger partial charge in [0.1, 0.15) is 0 Å². The van der Waals surface area contributed by atoms with Gasteiger partial charge in [0.15, 0.2) is 0 Å². The van der Waals surface area contributed by atoms with Gasteiger partial charge >= 0.3 is 0 Å². The Balaban J connectivity index is 1.58. The van der Waals surface area contributed by atoms with Crippen molar-refractivity contribution >= 4 is 21.6 Å². The third-order valence-electron chi connectivity index (χ3n) is 6.14. The van der Waals surface area contributed by atoms with Crippen molar-refractivity contribution in [1.82, 2.24) is 5.32 Å². The number of amides is 1. The molecule has 0 saturated heterocycles. The zero-order valence-electron chi connectivity index (χ0n) is 18.6. The quantitative estimate of drug-likeness (QED) is 0.589. The summed E-state index contributed by atoms with van der Waals surface area (Å²) in [6, 6.07) is 19.7. The molecule has 1 atom stereocenters. The highest BCUT2D eigenvalue weighted by atomic mass is 32.2. The molecule has 32 heavy (non-hydrogen) atoms. The highest BCUT2D eigenvalue weighted by Crippen LogP contribution is 2.28. The van der Waals surface area contributed by atoms with Crippen molar-refractivity contribution < 1.29 is 13.2 Å². The van der Waals surface area contributed by atoms with Crippen molar-refractivity contribution in [3.8, 4) is 0 Å². The van der Waals surface area contributed by atoms with Crippen LogP contribution in [-0.4, -0.2) is 21.4 Å². The first-order valence-corrected chi connectivity index (χ1v) is 12.3. The van der Waals surface area contributed by atoms with Crippen LogP contribution in [0.3, 0.4) is 0 Å². The van der Waals surface area contributed by atoms with E-state index in [0.29, 0.717) is 11.3 Å². The van der Waals surface area contributed by atoms with Crippen molar-refractivity contribution in [1.29, 1.82) is 0 Å². The standard InChI is InChI=1S/C26H28N2O3S/c1-18-11-15-23(16-12-18)32(30,31)28(3)25-10-5-4-9-24(25)26(29)27-19(2)21-14-13-20-7-6-8-22(20)17-21/h4-5,9-17,19H,6-8H2,1-3H3,(H,27,29). The van der Waals surface area contributed by atoms with Gasteiger partial charge in [-0.15, -0.1) is 0 Å². The number of rotatable bonds is 6. The normalized spacial score (nSPS) is 14.0. The van der Waals surface area contributed by atoms with Crippen LogP contribution in [0.2, 0.25) is 0 Å². The number of benzene rings is 3. The maximum Gasteiger partial charge on any atom is 0.264 e. The fraction of sp³-hybridized carbons (Fsp3) is 0.269. The minimum Gasteiger partial charge on any atom is -0.345 e. The van der Waals surface area contributed by atoms with E-state index in [1.54, 1.807) is 48.5 Å². The summed E-state index contributed by atoms with van der Waals surface area (Å²) in [6.07, 6.45) is 3.37. The molecule has 1 N–H and O–H groups in total. The smallest absolute Gasteiger partial charge is 0.264 e. The average molecular weight is 449 g/mol. The van der Waals surface area contributed by atoms with E-state index in [0.717, 1.165) is 24.0 Å². The molecule has 0 radical (unpaired) electrons. The molecule has 6 heteroatoms. The molecule has 1 aliphatic rings. The molecule has 0 fully saturated rings. The van der Waals surface area contributed by atoms with Gasteiger partial charge in [-0.25, -0.2) is 8.42 Å². The molecule has 1 amide bonds. The zero-order chi connectivity index (χ0) is 22.9. The number of nitrogens with zero attached hydrogens (tertiary/aromatic N) is 1. The number of hydrogen-bond acceptors (Lipinski definition) is 3. The molecule has 0 aliphatic heterocycles. The van der Waals surface area contributed by atoms with Gasteiger partial charge in [0.2, 0.25) is 0 Å². The van der Waals surface area contributed by atoms with Crippen molar-refractivity contribution in [2.75, 3.05) is 11.4 Å². The van der Waals surface area contributed by atoms with E-state index < -0.39 is 10.0 Å². The summed E-state index contributed by atoms with van der Waals surface area (Å²) in [5, 5.41) is 3.04. The largest absolute Gasteiger partial charge is 0.345 e. The van der Waals surface area contributed by atoms with Crippen LogP contribution in [0.1, 0.15) is 52.0 Å². The Kier molecular flexibility index (Phi) is 6.07. The Morgan fingerprint density at radius 3 is 2.41 bits per heavy atom. The lowest BCUT2D eigenvalue weighted by Gasteiger charge is -2.23. The van der Waals surface area contributed by atoms with Gasteiger partial charge in [0.25, 0.3) is 15.9 Å². The van der Waals surface area contributed by atoms with Crippen LogP contribution in [0.15, 0.2) is 71.6 Å². The van der Waals surface area contributed by atoms with Gasteiger partial charge in [-0.3, -0.25) is 9.10 Å². The minimum atomic E-state index is -3.80. The summed E-state index contributed by atoms with van der Waals surface area (Å²) in [6.45, 7) is 3.85. The third kappa shape index (κ3) is 4.28. The number of nitrogens with one attached hydrogen (secondary N) is 1. The number of sulfonamides is 1. The van der Waals surface area contributed by atoms with Crippen LogP contribution in [0, 0.1) is 6.92 Å². The molecule has 0 spiro atoms. The van der Waals surface area contributed by atoms with E-state index >= 15 is 0 Å². The van der Waals surface area contributed by atoms with Crippen molar-refractivity contribution in [2.24, 2.45) is 0 Å². The highest BCUT2D eigenvalue weighted by Gasteiger charge is 2.25. The lowest BCUT2D eigenvalue weighted by molar-refractivity contribution is 0.0940. The fourth-order valence-corrected chi connectivity index (χ4v) is 5.37. The predicted octanol–water partition coefficient (Wildman–Crippen LogP) is 4.80. The van der Waals surface area contributed by atoms with Gasteiger partial charge in [-0.2, -0.15) is 0 Å². The number of aryl methyl sites for hydroxylation is 3. The van der Waals surface area contributed by atoms with Crippen LogP contribution in [0.4, 0.5) is 5.69 Å². The molecule has 0 heterocycles. The third-order valence-corrected chi connectivity index (χ3v) is 7.92. The first kappa shape index (κ1) is 22.1. The van der Waals surface area contributed by atoms with E-state index in [1.165, 1.54) is 28.9 Å². The molecule has 166 valence electrons. The van der Waals surface area contributed by atoms with Gasteiger partial charge in [0.05, 0.1) is 22.2 Å². The molecule has 4 rings (SSSR count). The molecule has 1 unspecified atom stereocenters. The van der Waals surface area contributed by atoms with Crippen LogP contribution in [-0.2, 0) is 22.9 Å². The fourth-order valence-electron chi connectivity index (χ4n) is 4.16. The molecule has 0 aromatic heterocycles. The number of para-hydroxylation sites is 1. The number of hydrogen-bond donors (Lipinski definition) is 1. The van der Waals surface area contributed by atoms with Gasteiger partial charge in [0, 0.05) is 7.05 Å². The Morgan fingerprint density at radius 1 is 0.969 bits per heavy atom. The van der Waals surface area contributed by atoms with Crippen molar-refractivity contribution in [2.45, 2.75) is 44.0 Å². The van der Waals surface area contributed by atoms with Crippen LogP contribution < -0.4 is 9.62 Å². The summed E-state index contributed by atoms with van der Waals surface area (Å²) in [5.41, 5.74) is 5.43. The topological polar surface area (TPSA) is 66.5 Å². The van der Waals surface area contributed by atoms with Gasteiger partial charge < -0.3 is 5.32 Å². The number of fused-ring (bicyclic) bond motifs is 1. The van der Waals surface area contributed by atoms with E-state index in [4.69, 9.17) is 0 Å². The molecule has 0 saturated carbocycles. The van der Waals surface area contributed by atoms with Crippen molar-refractivity contribution in [3.63, 3.8) is 0 Å². The Bertz CT molecular complexity index is 1250. The second kappa shape index (κ2) is 8.79. The summed E-state index contributed by atoms with van der Waals surface area (Å²) in [4.78, 5) is 13.4. The summed E-state index contributed by atoms with van der Waals surface area (Å²) < 4.78 is 27.5. The summed E-state index contributed by atoms with van der Waals surface area (Å²) >= 11 is 0. The first-order chi connectivity index (χ1) is 15.3. The SMILES string of the molecule is Cc1ccc(S(=O)(=O)N(C)c2ccccc2C(=O)NC(C)c2ccc3c(c2)CCC3)cc1. The maximum atomic E-state index is 13.2. The molecular weight excluding hydrogens is 420 g/mol. The second-order valence-corrected chi connectivity index (χ2v) is 10.3. The molecule has 3 aromatic carbocycles. The van der Waals surface area contributed by atoms with Gasteiger partial charge in [-0.1, -0.05) is 48.0 Å². The van der Waals surface area contributed by atoms with Crippen LogP contribution in [0.5, 0.6) is 0 Å². The second-order valence-electron chi connectivity index (χ2n) is 8.38. The number of anilines is 1. The number of carbonyl (C=O) groups excluding carboxylic acids is 1. The lowest BCUT2D eigenvalue weighted by Crippen LogP contribution is -2.32. The summed E-state index contributed by atoms with van der Waals surface area (Å²) in [7, 11) is -2.32. The zero-order valence-corrected chi connectivity index (χ0v) is 19.4. The monoisotopic (exact) mass is 448 g/mol. The molecular formula is C26H28N2O3S. The van der Waals surface area contributed by atoms with Crippen molar-refractivity contribution in [3.05, 3.63) is 94.5 Å². The van der Waals surface area contributed by atoms with Crippen LogP contribution in [0.25, 0.3) is 0 Å². The summed E-state index contributed by atoms with van der Waals surface area (Å²) in [5.74, 6) is -0.306. The molecule has 3 aromatic rings. The predicted molar refractivity (Wildman–Crippen MR) is 128 cm³/mol. The van der Waals surface area contributed by atoms with E-state index in [1.807, 2.05) is 13.8 Å². The average Bonchev–Trinajstić information content (AvgIpc) is 3.26.